The van der Waals surface area contributed by atoms with Gasteiger partial charge in [-0.3, -0.25) is 0 Å². The summed E-state index contributed by atoms with van der Waals surface area (Å²) in [6.45, 7) is 1.09. The molecule has 0 aliphatic heterocycles. The summed E-state index contributed by atoms with van der Waals surface area (Å²) in [7, 11) is 1.62. The molecule has 0 saturated heterocycles. The predicted molar refractivity (Wildman–Crippen MR) is 48.3 cm³/mol. The third kappa shape index (κ3) is 1.58. The number of phenolic OH excluding ortho intramolecular Hbond substituents is 1. The lowest BCUT2D eigenvalue weighted by Gasteiger charge is -2.10. The van der Waals surface area contributed by atoms with Gasteiger partial charge in [0.15, 0.2) is 0 Å². The van der Waals surface area contributed by atoms with Crippen molar-refractivity contribution in [2.75, 3.05) is 12.4 Å². The summed E-state index contributed by atoms with van der Waals surface area (Å²) in [5.41, 5.74) is 0.749. The van der Waals surface area contributed by atoms with Crippen LogP contribution in [0.15, 0.2) is 6.07 Å². The summed E-state index contributed by atoms with van der Waals surface area (Å²) < 4.78 is 13.2. The highest BCUT2D eigenvalue weighted by Crippen LogP contribution is 2.31. The van der Waals surface area contributed by atoms with Gasteiger partial charge >= 0.3 is 0 Å². The molecule has 4 heteroatoms. The molecule has 72 valence electrons. The van der Waals surface area contributed by atoms with Gasteiger partial charge < -0.3 is 15.5 Å². The average Bonchev–Trinajstić information content (AvgIpc) is 2.15. The van der Waals surface area contributed by atoms with E-state index in [0.29, 0.717) is 5.69 Å². The highest BCUT2D eigenvalue weighted by molar-refractivity contribution is 5.61. The Morgan fingerprint density at radius 2 is 2.15 bits per heavy atom. The molecule has 1 aromatic rings. The van der Waals surface area contributed by atoms with Crippen LogP contribution in [0.2, 0.25) is 0 Å². The Balaban J connectivity index is 3.36. The fourth-order valence-corrected chi connectivity index (χ4v) is 1.16. The van der Waals surface area contributed by atoms with E-state index in [0.717, 1.165) is 0 Å². The minimum Gasteiger partial charge on any atom is -0.505 e. The van der Waals surface area contributed by atoms with Crippen molar-refractivity contribution >= 4 is 5.69 Å². The van der Waals surface area contributed by atoms with Gasteiger partial charge in [0.25, 0.3) is 0 Å². The largest absolute Gasteiger partial charge is 0.505 e. The van der Waals surface area contributed by atoms with E-state index in [4.69, 9.17) is 5.11 Å². The SMILES string of the molecule is CNc1cc(CO)c(F)c(C)c1O. The van der Waals surface area contributed by atoms with E-state index in [9.17, 15) is 9.50 Å². The summed E-state index contributed by atoms with van der Waals surface area (Å²) >= 11 is 0. The zero-order chi connectivity index (χ0) is 10.0. The Labute approximate surface area is 75.8 Å². The number of phenols is 1. The highest BCUT2D eigenvalue weighted by atomic mass is 19.1. The zero-order valence-corrected chi connectivity index (χ0v) is 7.56. The van der Waals surface area contributed by atoms with E-state index in [1.54, 1.807) is 7.05 Å². The molecule has 0 bridgehead atoms. The van der Waals surface area contributed by atoms with E-state index >= 15 is 0 Å². The maximum absolute atomic E-state index is 13.2. The Morgan fingerprint density at radius 1 is 1.54 bits per heavy atom. The normalized spacial score (nSPS) is 10.2. The molecular weight excluding hydrogens is 173 g/mol. The van der Waals surface area contributed by atoms with Crippen LogP contribution in [0.1, 0.15) is 11.1 Å². The summed E-state index contributed by atoms with van der Waals surface area (Å²) in [5, 5.41) is 20.9. The molecule has 0 heterocycles. The number of hydrogen-bond acceptors (Lipinski definition) is 3. The van der Waals surface area contributed by atoms with Gasteiger partial charge in [0.1, 0.15) is 11.6 Å². The van der Waals surface area contributed by atoms with Crippen molar-refractivity contribution < 1.29 is 14.6 Å². The molecule has 0 aliphatic rings. The molecule has 1 rings (SSSR count). The van der Waals surface area contributed by atoms with Crippen LogP contribution in [-0.2, 0) is 6.61 Å². The highest BCUT2D eigenvalue weighted by Gasteiger charge is 2.12. The summed E-state index contributed by atoms with van der Waals surface area (Å²) in [6, 6.07) is 1.39. The molecule has 3 nitrogen and oxygen atoms in total. The van der Waals surface area contributed by atoms with Gasteiger partial charge in [-0.25, -0.2) is 4.39 Å². The van der Waals surface area contributed by atoms with E-state index in [-0.39, 0.29) is 23.5 Å². The van der Waals surface area contributed by atoms with E-state index in [2.05, 4.69) is 5.32 Å². The number of aliphatic hydroxyl groups excluding tert-OH is 1. The molecule has 0 saturated carbocycles. The standard InChI is InChI=1S/C9H12FNO2/c1-5-8(10)6(4-12)3-7(11-2)9(5)13/h3,11-13H,4H2,1-2H3. The Bertz CT molecular complexity index is 298. The number of nitrogens with one attached hydrogen (secondary N) is 1. The second-order valence-corrected chi connectivity index (χ2v) is 2.78. The number of halogens is 1. The minimum absolute atomic E-state index is 0.114. The number of anilines is 1. The molecule has 1 aromatic carbocycles. The molecule has 0 atom stereocenters. The first-order valence-corrected chi connectivity index (χ1v) is 3.91. The maximum Gasteiger partial charge on any atom is 0.144 e. The van der Waals surface area contributed by atoms with Gasteiger partial charge in [-0.15, -0.1) is 0 Å². The Hall–Kier alpha value is -1.29. The Morgan fingerprint density at radius 3 is 2.62 bits per heavy atom. The molecular formula is C9H12FNO2. The zero-order valence-electron chi connectivity index (χ0n) is 7.56. The smallest absolute Gasteiger partial charge is 0.144 e. The van der Waals surface area contributed by atoms with E-state index in [1.807, 2.05) is 0 Å². The number of hydrogen-bond donors (Lipinski definition) is 3. The topological polar surface area (TPSA) is 52.5 Å². The third-order valence-corrected chi connectivity index (χ3v) is 1.98. The van der Waals surface area contributed by atoms with Crippen LogP contribution in [0.4, 0.5) is 10.1 Å². The average molecular weight is 185 g/mol. The summed E-state index contributed by atoms with van der Waals surface area (Å²) in [6.07, 6.45) is 0. The lowest BCUT2D eigenvalue weighted by molar-refractivity contribution is 0.275. The van der Waals surface area contributed by atoms with Crippen LogP contribution in [0, 0.1) is 12.7 Å². The maximum atomic E-state index is 13.2. The van der Waals surface area contributed by atoms with Crippen molar-refractivity contribution in [2.24, 2.45) is 0 Å². The second-order valence-electron chi connectivity index (χ2n) is 2.78. The molecule has 3 N–H and O–H groups in total. The van der Waals surface area contributed by atoms with Crippen LogP contribution in [0.5, 0.6) is 5.75 Å². The molecule has 13 heavy (non-hydrogen) atoms. The van der Waals surface area contributed by atoms with Crippen LogP contribution >= 0.6 is 0 Å². The monoisotopic (exact) mass is 185 g/mol. The summed E-state index contributed by atoms with van der Waals surface area (Å²) in [4.78, 5) is 0. The van der Waals surface area contributed by atoms with Crippen molar-refractivity contribution in [3.8, 4) is 5.75 Å². The first-order valence-electron chi connectivity index (χ1n) is 3.91. The number of aliphatic hydroxyl groups is 1. The molecule has 0 radical (unpaired) electrons. The van der Waals surface area contributed by atoms with Crippen molar-refractivity contribution in [1.82, 2.24) is 0 Å². The third-order valence-electron chi connectivity index (χ3n) is 1.98. The molecule has 0 fully saturated rings. The fourth-order valence-electron chi connectivity index (χ4n) is 1.16. The van der Waals surface area contributed by atoms with Gasteiger partial charge in [0, 0.05) is 18.2 Å². The van der Waals surface area contributed by atoms with Crippen LogP contribution in [0.25, 0.3) is 0 Å². The molecule has 0 aliphatic carbocycles. The predicted octanol–water partition coefficient (Wildman–Crippen LogP) is 1.37. The first kappa shape index (κ1) is 9.80. The van der Waals surface area contributed by atoms with E-state index < -0.39 is 5.82 Å². The lowest BCUT2D eigenvalue weighted by atomic mass is 10.1. The quantitative estimate of drug-likeness (QED) is 0.610. The Kier molecular flexibility index (Phi) is 2.72. The lowest BCUT2D eigenvalue weighted by Crippen LogP contribution is -1.98. The number of benzene rings is 1. The van der Waals surface area contributed by atoms with Gasteiger partial charge in [0.2, 0.25) is 0 Å². The number of rotatable bonds is 2. The van der Waals surface area contributed by atoms with Crippen molar-refractivity contribution in [1.29, 1.82) is 0 Å². The summed E-state index contributed by atoms with van der Waals surface area (Å²) in [5.74, 6) is -0.670. The molecule has 0 amide bonds. The van der Waals surface area contributed by atoms with Crippen molar-refractivity contribution in [2.45, 2.75) is 13.5 Å². The first-order chi connectivity index (χ1) is 6.11. The second kappa shape index (κ2) is 3.62. The van der Waals surface area contributed by atoms with E-state index in [1.165, 1.54) is 13.0 Å². The van der Waals surface area contributed by atoms with Gasteiger partial charge in [-0.05, 0) is 13.0 Å². The van der Waals surface area contributed by atoms with Gasteiger partial charge in [-0.2, -0.15) is 0 Å². The van der Waals surface area contributed by atoms with Crippen LogP contribution < -0.4 is 5.32 Å². The fraction of sp³-hybridized carbons (Fsp3) is 0.333. The van der Waals surface area contributed by atoms with Gasteiger partial charge in [0.05, 0.1) is 12.3 Å². The molecule has 0 spiro atoms. The number of aromatic hydroxyl groups is 1. The van der Waals surface area contributed by atoms with Gasteiger partial charge in [-0.1, -0.05) is 0 Å². The minimum atomic E-state index is -0.556. The van der Waals surface area contributed by atoms with Crippen molar-refractivity contribution in [3.05, 3.63) is 23.0 Å². The van der Waals surface area contributed by atoms with Crippen LogP contribution in [0.3, 0.4) is 0 Å². The molecule has 0 unspecified atom stereocenters. The van der Waals surface area contributed by atoms with Crippen molar-refractivity contribution in [3.63, 3.8) is 0 Å². The molecule has 0 aromatic heterocycles. The van der Waals surface area contributed by atoms with Crippen LogP contribution in [-0.4, -0.2) is 17.3 Å².